The van der Waals surface area contributed by atoms with Gasteiger partial charge in [-0.2, -0.15) is 0 Å². The van der Waals surface area contributed by atoms with Gasteiger partial charge in [-0.25, -0.2) is 8.42 Å². The summed E-state index contributed by atoms with van der Waals surface area (Å²) in [6, 6.07) is 6.33. The van der Waals surface area contributed by atoms with E-state index in [1.165, 1.54) is 12.3 Å². The van der Waals surface area contributed by atoms with Gasteiger partial charge >= 0.3 is 0 Å². The number of nitrogens with one attached hydrogen (secondary N) is 1. The number of hydrogen-bond acceptors (Lipinski definition) is 3. The molecule has 5 nitrogen and oxygen atoms in total. The topological polar surface area (TPSA) is 71.3 Å². The molecule has 0 fully saturated rings. The molecule has 8 heteroatoms. The fraction of sp³-hybridized carbons (Fsp3) is 0.167. The van der Waals surface area contributed by atoms with Gasteiger partial charge in [0, 0.05) is 27.5 Å². The monoisotopic (exact) mass is 426 g/mol. The molecule has 1 heterocycles. The van der Waals surface area contributed by atoms with E-state index in [2.05, 4.69) is 4.72 Å². The summed E-state index contributed by atoms with van der Waals surface area (Å²) < 4.78 is 29.3. The fourth-order valence-corrected chi connectivity index (χ4v) is 4.02. The van der Waals surface area contributed by atoms with Gasteiger partial charge in [0.2, 0.25) is 0 Å². The van der Waals surface area contributed by atoms with Gasteiger partial charge in [0.05, 0.1) is 12.3 Å². The van der Waals surface area contributed by atoms with Crippen LogP contribution >= 0.6 is 34.2 Å². The standard InChI is InChI=1S/C12H12ClIN2O3S/c1-16-6-10(5-9(16)7-17)20(18,19)15-12-3-2-8(13)4-11(12)14/h2-6,15,17H,7H2,1H3. The lowest BCUT2D eigenvalue weighted by atomic mass is 10.3. The van der Waals surface area contributed by atoms with Crippen molar-refractivity contribution in [1.29, 1.82) is 0 Å². The maximum absolute atomic E-state index is 12.3. The zero-order valence-corrected chi connectivity index (χ0v) is 14.2. The van der Waals surface area contributed by atoms with Crippen LogP contribution < -0.4 is 4.72 Å². The molecule has 0 atom stereocenters. The molecule has 2 rings (SSSR count). The van der Waals surface area contributed by atoms with Crippen molar-refractivity contribution in [2.24, 2.45) is 7.05 Å². The number of aromatic nitrogens is 1. The number of rotatable bonds is 4. The molecular formula is C12H12ClIN2O3S. The highest BCUT2D eigenvalue weighted by Crippen LogP contribution is 2.25. The van der Waals surface area contributed by atoms with E-state index in [4.69, 9.17) is 16.7 Å². The van der Waals surface area contributed by atoms with Gasteiger partial charge in [-0.3, -0.25) is 4.72 Å². The Bertz CT molecular complexity index is 743. The van der Waals surface area contributed by atoms with Crippen molar-refractivity contribution in [2.45, 2.75) is 11.5 Å². The first kappa shape index (κ1) is 15.6. The van der Waals surface area contributed by atoms with Crippen LogP contribution in [0.3, 0.4) is 0 Å². The van der Waals surface area contributed by atoms with Crippen molar-refractivity contribution in [1.82, 2.24) is 4.57 Å². The minimum absolute atomic E-state index is 0.106. The Kier molecular flexibility index (Phi) is 4.62. The zero-order chi connectivity index (χ0) is 14.9. The first-order chi connectivity index (χ1) is 9.33. The van der Waals surface area contributed by atoms with Crippen LogP contribution in [-0.4, -0.2) is 18.1 Å². The molecule has 1 aromatic heterocycles. The molecular weight excluding hydrogens is 415 g/mol. The molecule has 2 N–H and O–H groups in total. The SMILES string of the molecule is Cn1cc(S(=O)(=O)Nc2ccc(Cl)cc2I)cc1CO. The molecule has 0 aliphatic carbocycles. The van der Waals surface area contributed by atoms with Crippen LogP contribution in [0.25, 0.3) is 0 Å². The average Bonchev–Trinajstić information content (AvgIpc) is 2.75. The first-order valence-corrected chi connectivity index (χ1v) is 8.51. The Morgan fingerprint density at radius 2 is 2.10 bits per heavy atom. The van der Waals surface area contributed by atoms with Crippen molar-refractivity contribution in [3.05, 3.63) is 44.7 Å². The molecule has 0 amide bonds. The Hall–Kier alpha value is -0.770. The summed E-state index contributed by atoms with van der Waals surface area (Å²) in [5.41, 5.74) is 0.987. The van der Waals surface area contributed by atoms with Gasteiger partial charge < -0.3 is 9.67 Å². The molecule has 0 aliphatic heterocycles. The highest BCUT2D eigenvalue weighted by molar-refractivity contribution is 14.1. The highest BCUT2D eigenvalue weighted by atomic mass is 127. The molecule has 0 radical (unpaired) electrons. The minimum atomic E-state index is -3.69. The number of anilines is 1. The lowest BCUT2D eigenvalue weighted by Gasteiger charge is -2.08. The molecule has 1 aromatic carbocycles. The van der Waals surface area contributed by atoms with E-state index in [0.29, 0.717) is 20.0 Å². The number of sulfonamides is 1. The summed E-state index contributed by atoms with van der Waals surface area (Å²) >= 11 is 7.84. The number of halogens is 2. The molecule has 0 bridgehead atoms. The normalized spacial score (nSPS) is 11.6. The van der Waals surface area contributed by atoms with Crippen LogP contribution in [0.4, 0.5) is 5.69 Å². The number of benzene rings is 1. The van der Waals surface area contributed by atoms with Gasteiger partial charge in [-0.05, 0) is 46.9 Å². The molecule has 0 saturated carbocycles. The molecule has 2 aromatic rings. The Balaban J connectivity index is 2.35. The Labute approximate surface area is 135 Å². The van der Waals surface area contributed by atoms with Crippen LogP contribution in [0.1, 0.15) is 5.69 Å². The average molecular weight is 427 g/mol. The van der Waals surface area contributed by atoms with Crippen LogP contribution in [0.2, 0.25) is 5.02 Å². The van der Waals surface area contributed by atoms with Gasteiger partial charge in [0.25, 0.3) is 10.0 Å². The van der Waals surface area contributed by atoms with Crippen LogP contribution in [0, 0.1) is 3.57 Å². The number of aliphatic hydroxyl groups is 1. The maximum Gasteiger partial charge on any atom is 0.263 e. The molecule has 108 valence electrons. The molecule has 0 unspecified atom stereocenters. The predicted molar refractivity (Wildman–Crippen MR) is 86.3 cm³/mol. The van der Waals surface area contributed by atoms with Crippen LogP contribution in [-0.2, 0) is 23.7 Å². The van der Waals surface area contributed by atoms with Crippen LogP contribution in [0.5, 0.6) is 0 Å². The lowest BCUT2D eigenvalue weighted by Crippen LogP contribution is -2.13. The smallest absolute Gasteiger partial charge is 0.263 e. The predicted octanol–water partition coefficient (Wildman–Crippen LogP) is 2.58. The second-order valence-electron chi connectivity index (χ2n) is 4.17. The number of hydrogen-bond donors (Lipinski definition) is 2. The van der Waals surface area contributed by atoms with E-state index in [1.807, 2.05) is 22.6 Å². The van der Waals surface area contributed by atoms with Crippen molar-refractivity contribution in [3.63, 3.8) is 0 Å². The summed E-state index contributed by atoms with van der Waals surface area (Å²) in [5, 5.41) is 9.65. The number of aliphatic hydroxyl groups excluding tert-OH is 1. The van der Waals surface area contributed by atoms with Crippen LogP contribution in [0.15, 0.2) is 35.4 Å². The molecule has 0 spiro atoms. The summed E-state index contributed by atoms with van der Waals surface area (Å²) in [4.78, 5) is 0.106. The fourth-order valence-electron chi connectivity index (χ4n) is 1.66. The summed E-state index contributed by atoms with van der Waals surface area (Å²) in [7, 11) is -2.01. The highest BCUT2D eigenvalue weighted by Gasteiger charge is 2.18. The third-order valence-electron chi connectivity index (χ3n) is 2.73. The van der Waals surface area contributed by atoms with Crippen molar-refractivity contribution in [3.8, 4) is 0 Å². The van der Waals surface area contributed by atoms with E-state index >= 15 is 0 Å². The van der Waals surface area contributed by atoms with E-state index in [1.54, 1.807) is 29.8 Å². The second kappa shape index (κ2) is 5.92. The molecule has 20 heavy (non-hydrogen) atoms. The Morgan fingerprint density at radius 1 is 1.40 bits per heavy atom. The van der Waals surface area contributed by atoms with Gasteiger partial charge in [-0.15, -0.1) is 0 Å². The largest absolute Gasteiger partial charge is 0.390 e. The van der Waals surface area contributed by atoms with Crippen molar-refractivity contribution >= 4 is 49.9 Å². The molecule has 0 aliphatic rings. The van der Waals surface area contributed by atoms with E-state index in [-0.39, 0.29) is 11.5 Å². The summed E-state index contributed by atoms with van der Waals surface area (Å²) in [5.74, 6) is 0. The second-order valence-corrected chi connectivity index (χ2v) is 7.45. The van der Waals surface area contributed by atoms with Gasteiger partial charge in [0.15, 0.2) is 0 Å². The van der Waals surface area contributed by atoms with Crippen molar-refractivity contribution in [2.75, 3.05) is 4.72 Å². The summed E-state index contributed by atoms with van der Waals surface area (Å²) in [6.07, 6.45) is 1.46. The third kappa shape index (κ3) is 3.27. The quantitative estimate of drug-likeness (QED) is 0.738. The van der Waals surface area contributed by atoms with E-state index in [9.17, 15) is 8.42 Å². The van der Waals surface area contributed by atoms with E-state index < -0.39 is 10.0 Å². The third-order valence-corrected chi connectivity index (χ3v) is 5.19. The number of aryl methyl sites for hydroxylation is 1. The number of nitrogens with zero attached hydrogens (tertiary/aromatic N) is 1. The molecule has 0 saturated heterocycles. The van der Waals surface area contributed by atoms with E-state index in [0.717, 1.165) is 0 Å². The minimum Gasteiger partial charge on any atom is -0.390 e. The Morgan fingerprint density at radius 3 is 2.65 bits per heavy atom. The lowest BCUT2D eigenvalue weighted by molar-refractivity contribution is 0.272. The first-order valence-electron chi connectivity index (χ1n) is 5.57. The van der Waals surface area contributed by atoms with Crippen molar-refractivity contribution < 1.29 is 13.5 Å². The zero-order valence-electron chi connectivity index (χ0n) is 10.5. The van der Waals surface area contributed by atoms with Gasteiger partial charge in [-0.1, -0.05) is 11.6 Å². The van der Waals surface area contributed by atoms with Gasteiger partial charge in [0.1, 0.15) is 4.90 Å². The summed E-state index contributed by atoms with van der Waals surface area (Å²) in [6.45, 7) is -0.218. The maximum atomic E-state index is 12.3.